The average molecular weight is 393 g/mol. The zero-order chi connectivity index (χ0) is 19.8. The van der Waals surface area contributed by atoms with E-state index >= 15 is 0 Å². The van der Waals surface area contributed by atoms with E-state index in [0.717, 1.165) is 25.5 Å². The van der Waals surface area contributed by atoms with E-state index in [1.54, 1.807) is 13.0 Å². The fourth-order valence-electron chi connectivity index (χ4n) is 3.88. The van der Waals surface area contributed by atoms with Gasteiger partial charge in [0.1, 0.15) is 0 Å². The molecule has 4 rings (SSSR count). The molecule has 0 N–H and O–H groups in total. The number of hydrogen-bond donors (Lipinski definition) is 0. The van der Waals surface area contributed by atoms with Crippen LogP contribution in [0, 0.1) is 18.6 Å². The number of alkyl halides is 2. The van der Waals surface area contributed by atoms with Gasteiger partial charge in [-0.2, -0.15) is 0 Å². The highest BCUT2D eigenvalue weighted by Gasteiger charge is 2.27. The van der Waals surface area contributed by atoms with Crippen molar-refractivity contribution in [1.82, 2.24) is 15.0 Å². The molecule has 0 bridgehead atoms. The van der Waals surface area contributed by atoms with Crippen LogP contribution in [-0.4, -0.2) is 28.1 Å². The van der Waals surface area contributed by atoms with Crippen molar-refractivity contribution in [3.8, 4) is 0 Å². The van der Waals surface area contributed by atoms with Gasteiger partial charge in [-0.05, 0) is 38.4 Å². The maximum absolute atomic E-state index is 14.0. The summed E-state index contributed by atoms with van der Waals surface area (Å²) < 4.78 is 59.7. The van der Waals surface area contributed by atoms with Gasteiger partial charge in [0.25, 0.3) is 12.1 Å². The first-order chi connectivity index (χ1) is 13.4. The van der Waals surface area contributed by atoms with Crippen molar-refractivity contribution >= 4 is 11.1 Å². The molecule has 3 aromatic rings. The van der Waals surface area contributed by atoms with Gasteiger partial charge in [0.2, 0.25) is 0 Å². The summed E-state index contributed by atoms with van der Waals surface area (Å²) in [5.41, 5.74) is 1.16. The van der Waals surface area contributed by atoms with Crippen molar-refractivity contribution in [3.05, 3.63) is 58.4 Å². The van der Waals surface area contributed by atoms with Gasteiger partial charge in [0.05, 0.1) is 11.1 Å². The third-order valence-corrected chi connectivity index (χ3v) is 5.25. The number of fused-ring (bicyclic) bond motifs is 1. The molecule has 0 unspecified atom stereocenters. The van der Waals surface area contributed by atoms with Crippen LogP contribution < -0.4 is 0 Å². The molecule has 148 valence electrons. The maximum Gasteiger partial charge on any atom is 0.264 e. The summed E-state index contributed by atoms with van der Waals surface area (Å²) in [5, 5.41) is 4.01. The third kappa shape index (κ3) is 3.48. The lowest BCUT2D eigenvalue weighted by Crippen LogP contribution is -2.34. The highest BCUT2D eigenvalue weighted by molar-refractivity contribution is 5.80. The average Bonchev–Trinajstić information content (AvgIpc) is 3.06. The standard InChI is InChI=1S/C20H19F4N3O/c1-11-17-14(19(23)24)8-16(25-20(17)28-26-11)12-5-3-7-27(9-12)10-13-4-2-6-15(21)18(13)22/h2,4,6,8,12,19H,3,5,7,9-10H2,1H3/t12-/m0/s1. The molecular formula is C20H19F4N3O. The number of halogens is 4. The van der Waals surface area contributed by atoms with Gasteiger partial charge < -0.3 is 4.52 Å². The minimum atomic E-state index is -2.66. The summed E-state index contributed by atoms with van der Waals surface area (Å²) >= 11 is 0. The highest BCUT2D eigenvalue weighted by Crippen LogP contribution is 2.34. The topological polar surface area (TPSA) is 42.2 Å². The monoisotopic (exact) mass is 393 g/mol. The fourth-order valence-corrected chi connectivity index (χ4v) is 3.88. The van der Waals surface area contributed by atoms with Crippen LogP contribution in [0.15, 0.2) is 28.8 Å². The van der Waals surface area contributed by atoms with Crippen LogP contribution in [0.4, 0.5) is 17.6 Å². The Morgan fingerprint density at radius 2 is 2.11 bits per heavy atom. The molecule has 1 aromatic carbocycles. The van der Waals surface area contributed by atoms with Crippen LogP contribution in [0.1, 0.15) is 47.7 Å². The molecule has 28 heavy (non-hydrogen) atoms. The number of rotatable bonds is 4. The molecule has 0 spiro atoms. The molecule has 1 aliphatic rings. The van der Waals surface area contributed by atoms with E-state index in [0.29, 0.717) is 17.9 Å². The maximum atomic E-state index is 14.0. The van der Waals surface area contributed by atoms with Crippen LogP contribution in [0.5, 0.6) is 0 Å². The third-order valence-electron chi connectivity index (χ3n) is 5.25. The van der Waals surface area contributed by atoms with Gasteiger partial charge in [-0.25, -0.2) is 22.5 Å². The summed E-state index contributed by atoms with van der Waals surface area (Å²) in [6.45, 7) is 3.10. The van der Waals surface area contributed by atoms with E-state index in [9.17, 15) is 17.6 Å². The first-order valence-corrected chi connectivity index (χ1v) is 9.14. The second-order valence-corrected chi connectivity index (χ2v) is 7.17. The van der Waals surface area contributed by atoms with E-state index < -0.39 is 18.1 Å². The lowest BCUT2D eigenvalue weighted by molar-refractivity contribution is 0.152. The molecule has 0 amide bonds. The van der Waals surface area contributed by atoms with Crippen molar-refractivity contribution in [2.24, 2.45) is 0 Å². The Morgan fingerprint density at radius 1 is 1.29 bits per heavy atom. The Morgan fingerprint density at radius 3 is 2.89 bits per heavy atom. The number of benzene rings is 1. The Balaban J connectivity index is 1.60. The normalized spacial score (nSPS) is 18.3. The number of pyridine rings is 1. The number of piperidine rings is 1. The summed E-state index contributed by atoms with van der Waals surface area (Å²) in [6, 6.07) is 5.54. The van der Waals surface area contributed by atoms with Gasteiger partial charge >= 0.3 is 0 Å². The van der Waals surface area contributed by atoms with Crippen LogP contribution in [0.3, 0.4) is 0 Å². The Kier molecular flexibility index (Phi) is 5.05. The Labute approximate surface area is 159 Å². The molecule has 0 saturated carbocycles. The van der Waals surface area contributed by atoms with Crippen molar-refractivity contribution in [1.29, 1.82) is 0 Å². The van der Waals surface area contributed by atoms with Crippen LogP contribution in [0.25, 0.3) is 11.1 Å². The molecule has 3 heterocycles. The van der Waals surface area contributed by atoms with Crippen molar-refractivity contribution in [3.63, 3.8) is 0 Å². The number of aromatic nitrogens is 2. The van der Waals surface area contributed by atoms with Crippen molar-refractivity contribution in [2.45, 2.75) is 38.7 Å². The van der Waals surface area contributed by atoms with E-state index in [4.69, 9.17) is 4.52 Å². The number of nitrogens with zero attached hydrogens (tertiary/aromatic N) is 3. The van der Waals surface area contributed by atoms with Crippen molar-refractivity contribution < 1.29 is 22.1 Å². The summed E-state index contributed by atoms with van der Waals surface area (Å²) in [4.78, 5) is 6.40. The predicted molar refractivity (Wildman–Crippen MR) is 95.1 cm³/mol. The van der Waals surface area contributed by atoms with E-state index in [-0.39, 0.29) is 34.7 Å². The molecule has 1 atom stereocenters. The molecule has 1 aliphatic heterocycles. The van der Waals surface area contributed by atoms with Crippen LogP contribution >= 0.6 is 0 Å². The van der Waals surface area contributed by atoms with Crippen LogP contribution in [0.2, 0.25) is 0 Å². The zero-order valence-electron chi connectivity index (χ0n) is 15.3. The van der Waals surface area contributed by atoms with Crippen molar-refractivity contribution in [2.75, 3.05) is 13.1 Å². The first-order valence-electron chi connectivity index (χ1n) is 9.14. The molecule has 0 radical (unpaired) electrons. The quantitative estimate of drug-likeness (QED) is 0.577. The van der Waals surface area contributed by atoms with Gasteiger partial charge in [0, 0.05) is 35.8 Å². The molecule has 1 saturated heterocycles. The molecular weight excluding hydrogens is 374 g/mol. The second-order valence-electron chi connectivity index (χ2n) is 7.17. The van der Waals surface area contributed by atoms with Gasteiger partial charge in [-0.15, -0.1) is 0 Å². The zero-order valence-corrected chi connectivity index (χ0v) is 15.3. The second kappa shape index (κ2) is 7.50. The molecule has 2 aromatic heterocycles. The first kappa shape index (κ1) is 18.9. The minimum absolute atomic E-state index is 0.0994. The van der Waals surface area contributed by atoms with Gasteiger partial charge in [-0.1, -0.05) is 17.3 Å². The Bertz CT molecular complexity index is 1000. The Hall–Kier alpha value is -2.48. The number of hydrogen-bond acceptors (Lipinski definition) is 4. The molecule has 1 fully saturated rings. The number of likely N-dealkylation sites (tertiary alicyclic amines) is 1. The summed E-state index contributed by atoms with van der Waals surface area (Å²) in [5.74, 6) is -1.82. The van der Waals surface area contributed by atoms with Gasteiger partial charge in [0.15, 0.2) is 11.6 Å². The largest absolute Gasteiger partial charge is 0.336 e. The highest BCUT2D eigenvalue weighted by atomic mass is 19.3. The fraction of sp³-hybridized carbons (Fsp3) is 0.400. The van der Waals surface area contributed by atoms with Gasteiger partial charge in [-0.3, -0.25) is 4.90 Å². The molecule has 4 nitrogen and oxygen atoms in total. The smallest absolute Gasteiger partial charge is 0.264 e. The van der Waals surface area contributed by atoms with E-state index in [2.05, 4.69) is 10.1 Å². The predicted octanol–water partition coefficient (Wildman–Crippen LogP) is 5.13. The summed E-state index contributed by atoms with van der Waals surface area (Å²) in [7, 11) is 0. The molecule has 8 heteroatoms. The molecule has 0 aliphatic carbocycles. The van der Waals surface area contributed by atoms with E-state index in [1.807, 2.05) is 4.90 Å². The number of aryl methyl sites for hydroxylation is 1. The minimum Gasteiger partial charge on any atom is -0.336 e. The SMILES string of the molecule is Cc1noc2nc([C@H]3CCCN(Cc4cccc(F)c4F)C3)cc(C(F)F)c12. The lowest BCUT2D eigenvalue weighted by atomic mass is 9.92. The lowest BCUT2D eigenvalue weighted by Gasteiger charge is -2.32. The van der Waals surface area contributed by atoms with E-state index in [1.165, 1.54) is 12.1 Å². The summed E-state index contributed by atoms with van der Waals surface area (Å²) in [6.07, 6.45) is -1.08. The van der Waals surface area contributed by atoms with Crippen LogP contribution in [-0.2, 0) is 6.54 Å².